The number of hydrogen-bond acceptors (Lipinski definition) is 3. The van der Waals surface area contributed by atoms with Crippen molar-refractivity contribution < 1.29 is 0 Å². The quantitative estimate of drug-likeness (QED) is 0.724. The van der Waals surface area contributed by atoms with Crippen LogP contribution in [0, 0.1) is 3.57 Å². The molecule has 98 valence electrons. The van der Waals surface area contributed by atoms with E-state index in [1.54, 1.807) is 6.20 Å². The van der Waals surface area contributed by atoms with E-state index in [2.05, 4.69) is 56.2 Å². The number of nitrogen functional groups attached to an aromatic ring is 1. The molecule has 2 aromatic heterocycles. The van der Waals surface area contributed by atoms with Crippen LogP contribution in [-0.4, -0.2) is 19.1 Å². The molecule has 0 saturated heterocycles. The average Bonchev–Trinajstić information content (AvgIpc) is 2.95. The molecule has 2 heterocycles. The maximum atomic E-state index is 6.06. The first kappa shape index (κ1) is 12.5. The summed E-state index contributed by atoms with van der Waals surface area (Å²) in [6, 6.07) is 6.42. The van der Waals surface area contributed by atoms with Crippen LogP contribution in [0.1, 0.15) is 13.0 Å². The molecule has 19 heavy (non-hydrogen) atoms. The highest BCUT2D eigenvalue weighted by atomic mass is 127. The van der Waals surface area contributed by atoms with Crippen LogP contribution in [0.4, 0.5) is 5.95 Å². The number of hydrogen-bond donors (Lipinski definition) is 1. The van der Waals surface area contributed by atoms with E-state index in [1.807, 2.05) is 23.2 Å². The number of nitrogens with two attached hydrogens (primary N) is 1. The number of halogens is 1. The van der Waals surface area contributed by atoms with E-state index in [4.69, 9.17) is 5.73 Å². The Morgan fingerprint density at radius 3 is 3.00 bits per heavy atom. The van der Waals surface area contributed by atoms with E-state index < -0.39 is 0 Å². The lowest BCUT2D eigenvalue weighted by Crippen LogP contribution is -2.14. The van der Waals surface area contributed by atoms with Gasteiger partial charge in [0.25, 0.3) is 0 Å². The molecule has 0 radical (unpaired) electrons. The minimum atomic E-state index is 0.222. The van der Waals surface area contributed by atoms with Crippen molar-refractivity contribution in [2.75, 3.05) is 5.73 Å². The molecule has 0 aliphatic heterocycles. The van der Waals surface area contributed by atoms with Crippen molar-refractivity contribution in [3.63, 3.8) is 0 Å². The number of fused-ring (bicyclic) bond motifs is 1. The fourth-order valence-electron chi connectivity index (χ4n) is 2.34. The SMILES string of the molecule is CC(Cn1ccnc1)n1c(N)nc2cc(I)ccc21. The number of benzene rings is 1. The van der Waals surface area contributed by atoms with Crippen LogP contribution in [0.5, 0.6) is 0 Å². The molecule has 0 spiro atoms. The van der Waals surface area contributed by atoms with Gasteiger partial charge in [0.15, 0.2) is 0 Å². The molecule has 3 aromatic rings. The van der Waals surface area contributed by atoms with E-state index in [-0.39, 0.29) is 6.04 Å². The van der Waals surface area contributed by atoms with Crippen LogP contribution in [0.2, 0.25) is 0 Å². The molecule has 1 atom stereocenters. The molecule has 6 heteroatoms. The van der Waals surface area contributed by atoms with Crippen molar-refractivity contribution in [3.05, 3.63) is 40.5 Å². The molecule has 0 fully saturated rings. The minimum absolute atomic E-state index is 0.222. The summed E-state index contributed by atoms with van der Waals surface area (Å²) in [5, 5.41) is 0. The van der Waals surface area contributed by atoms with Crippen molar-refractivity contribution in [2.24, 2.45) is 0 Å². The Labute approximate surface area is 124 Å². The normalized spacial score (nSPS) is 12.9. The van der Waals surface area contributed by atoms with Crippen LogP contribution >= 0.6 is 22.6 Å². The Morgan fingerprint density at radius 2 is 2.26 bits per heavy atom. The van der Waals surface area contributed by atoms with E-state index in [9.17, 15) is 0 Å². The number of nitrogens with zero attached hydrogens (tertiary/aromatic N) is 4. The van der Waals surface area contributed by atoms with Crippen molar-refractivity contribution in [3.8, 4) is 0 Å². The standard InChI is InChI=1S/C13H14IN5/c1-9(7-18-5-4-16-8-18)19-12-3-2-10(14)6-11(12)17-13(19)15/h2-6,8-9H,7H2,1H3,(H2,15,17). The van der Waals surface area contributed by atoms with Gasteiger partial charge in [0.1, 0.15) is 0 Å². The van der Waals surface area contributed by atoms with Crippen LogP contribution in [0.15, 0.2) is 36.9 Å². The van der Waals surface area contributed by atoms with Crippen LogP contribution in [0.3, 0.4) is 0 Å². The van der Waals surface area contributed by atoms with Crippen LogP contribution in [0.25, 0.3) is 11.0 Å². The highest BCUT2D eigenvalue weighted by molar-refractivity contribution is 14.1. The monoisotopic (exact) mass is 367 g/mol. The predicted octanol–water partition coefficient (Wildman–Crippen LogP) is 2.68. The molecular formula is C13H14IN5. The predicted molar refractivity (Wildman–Crippen MR) is 83.8 cm³/mol. The fourth-order valence-corrected chi connectivity index (χ4v) is 2.81. The third-order valence-corrected chi connectivity index (χ3v) is 3.82. The van der Waals surface area contributed by atoms with Gasteiger partial charge in [-0.3, -0.25) is 0 Å². The Balaban J connectivity index is 2.01. The van der Waals surface area contributed by atoms with Gasteiger partial charge in [-0.25, -0.2) is 9.97 Å². The first-order valence-electron chi connectivity index (χ1n) is 6.04. The summed E-state index contributed by atoms with van der Waals surface area (Å²) in [6.07, 6.45) is 5.55. The largest absolute Gasteiger partial charge is 0.369 e. The first-order valence-corrected chi connectivity index (χ1v) is 7.12. The summed E-state index contributed by atoms with van der Waals surface area (Å²) in [6.45, 7) is 2.96. The van der Waals surface area contributed by atoms with Crippen molar-refractivity contribution >= 4 is 39.6 Å². The van der Waals surface area contributed by atoms with Crippen LogP contribution in [-0.2, 0) is 6.54 Å². The lowest BCUT2D eigenvalue weighted by atomic mass is 10.2. The zero-order valence-electron chi connectivity index (χ0n) is 10.5. The maximum Gasteiger partial charge on any atom is 0.201 e. The summed E-state index contributed by atoms with van der Waals surface area (Å²) < 4.78 is 5.28. The van der Waals surface area contributed by atoms with Crippen molar-refractivity contribution in [1.29, 1.82) is 0 Å². The molecule has 0 saturated carbocycles. The van der Waals surface area contributed by atoms with Gasteiger partial charge in [-0.05, 0) is 47.7 Å². The summed E-state index contributed by atoms with van der Waals surface area (Å²) >= 11 is 2.28. The highest BCUT2D eigenvalue weighted by Gasteiger charge is 2.14. The average molecular weight is 367 g/mol. The zero-order valence-corrected chi connectivity index (χ0v) is 12.7. The second-order valence-corrected chi connectivity index (χ2v) is 5.83. The molecule has 1 aromatic carbocycles. The summed E-state index contributed by atoms with van der Waals surface area (Å²) in [7, 11) is 0. The van der Waals surface area contributed by atoms with Gasteiger partial charge in [-0.15, -0.1) is 0 Å². The third-order valence-electron chi connectivity index (χ3n) is 3.15. The number of rotatable bonds is 3. The van der Waals surface area contributed by atoms with E-state index in [0.29, 0.717) is 5.95 Å². The van der Waals surface area contributed by atoms with E-state index in [0.717, 1.165) is 21.1 Å². The summed E-state index contributed by atoms with van der Waals surface area (Å²) in [5.41, 5.74) is 8.08. The summed E-state index contributed by atoms with van der Waals surface area (Å²) in [5.74, 6) is 0.560. The highest BCUT2D eigenvalue weighted by Crippen LogP contribution is 2.25. The fraction of sp³-hybridized carbons (Fsp3) is 0.231. The Hall–Kier alpha value is -1.57. The minimum Gasteiger partial charge on any atom is -0.369 e. The van der Waals surface area contributed by atoms with E-state index >= 15 is 0 Å². The first-order chi connectivity index (χ1) is 9.15. The lowest BCUT2D eigenvalue weighted by Gasteiger charge is -2.16. The second kappa shape index (κ2) is 4.84. The number of anilines is 1. The second-order valence-electron chi connectivity index (χ2n) is 4.58. The maximum absolute atomic E-state index is 6.06. The third kappa shape index (κ3) is 2.32. The smallest absolute Gasteiger partial charge is 0.201 e. The van der Waals surface area contributed by atoms with Gasteiger partial charge in [-0.1, -0.05) is 0 Å². The molecule has 3 rings (SSSR count). The molecule has 5 nitrogen and oxygen atoms in total. The molecule has 1 unspecified atom stereocenters. The Morgan fingerprint density at radius 1 is 1.42 bits per heavy atom. The van der Waals surface area contributed by atoms with Crippen LogP contribution < -0.4 is 5.73 Å². The molecule has 0 amide bonds. The molecule has 2 N–H and O–H groups in total. The van der Waals surface area contributed by atoms with Gasteiger partial charge in [0.2, 0.25) is 5.95 Å². The Bertz CT molecular complexity index is 701. The van der Waals surface area contributed by atoms with Gasteiger partial charge in [-0.2, -0.15) is 0 Å². The molecule has 0 bridgehead atoms. The molecule has 0 aliphatic carbocycles. The topological polar surface area (TPSA) is 61.7 Å². The van der Waals surface area contributed by atoms with Gasteiger partial charge in [0, 0.05) is 22.5 Å². The Kier molecular flexibility index (Phi) is 3.17. The van der Waals surface area contributed by atoms with Crippen molar-refractivity contribution in [1.82, 2.24) is 19.1 Å². The molecule has 0 aliphatic rings. The lowest BCUT2D eigenvalue weighted by molar-refractivity contribution is 0.479. The summed E-state index contributed by atoms with van der Waals surface area (Å²) in [4.78, 5) is 8.49. The van der Waals surface area contributed by atoms with E-state index in [1.165, 1.54) is 0 Å². The zero-order chi connectivity index (χ0) is 13.4. The van der Waals surface area contributed by atoms with Gasteiger partial charge < -0.3 is 14.9 Å². The van der Waals surface area contributed by atoms with Gasteiger partial charge >= 0.3 is 0 Å². The molecular weight excluding hydrogens is 353 g/mol. The van der Waals surface area contributed by atoms with Gasteiger partial charge in [0.05, 0.1) is 23.4 Å². The number of imidazole rings is 2. The van der Waals surface area contributed by atoms with Crippen molar-refractivity contribution in [2.45, 2.75) is 19.5 Å². The number of aromatic nitrogens is 4.